The van der Waals surface area contributed by atoms with Crippen LogP contribution in [-0.4, -0.2) is 25.1 Å². The van der Waals surface area contributed by atoms with Gasteiger partial charge in [0.05, 0.1) is 6.61 Å². The summed E-state index contributed by atoms with van der Waals surface area (Å²) in [5.74, 6) is 0.0728. The molecule has 1 unspecified atom stereocenters. The molecule has 0 heterocycles. The van der Waals surface area contributed by atoms with Crippen LogP contribution in [0.1, 0.15) is 27.7 Å². The van der Waals surface area contributed by atoms with Gasteiger partial charge in [-0.2, -0.15) is 0 Å². The van der Waals surface area contributed by atoms with E-state index in [9.17, 15) is 9.18 Å². The molecule has 0 saturated heterocycles. The fourth-order valence-electron chi connectivity index (χ4n) is 1.64. The van der Waals surface area contributed by atoms with E-state index >= 15 is 0 Å². The minimum absolute atomic E-state index is 0.104. The van der Waals surface area contributed by atoms with Crippen LogP contribution in [0.25, 0.3) is 0 Å². The van der Waals surface area contributed by atoms with Gasteiger partial charge in [-0.15, -0.1) is 0 Å². The standard InChI is InChI=1S/C15H23FN2O2/c1-5-20-14-7-6-12(8-13(14)16)18-11(4)15(19)17-9-10(2)3/h6-8,10-11,18H,5,9H2,1-4H3,(H,17,19). The molecule has 20 heavy (non-hydrogen) atoms. The van der Waals surface area contributed by atoms with Crippen LogP contribution in [-0.2, 0) is 4.79 Å². The molecule has 0 aliphatic carbocycles. The molecule has 1 atom stereocenters. The lowest BCUT2D eigenvalue weighted by Crippen LogP contribution is -2.39. The van der Waals surface area contributed by atoms with Crippen LogP contribution >= 0.6 is 0 Å². The third-order valence-electron chi connectivity index (χ3n) is 2.69. The highest BCUT2D eigenvalue weighted by molar-refractivity contribution is 5.84. The quantitative estimate of drug-likeness (QED) is 0.808. The number of amides is 1. The predicted molar refractivity (Wildman–Crippen MR) is 78.5 cm³/mol. The summed E-state index contributed by atoms with van der Waals surface area (Å²) in [5.41, 5.74) is 0.554. The summed E-state index contributed by atoms with van der Waals surface area (Å²) in [6, 6.07) is 4.16. The number of anilines is 1. The van der Waals surface area contributed by atoms with Gasteiger partial charge in [0.2, 0.25) is 5.91 Å². The summed E-state index contributed by atoms with van der Waals surface area (Å²) in [5, 5.41) is 5.80. The van der Waals surface area contributed by atoms with Gasteiger partial charge >= 0.3 is 0 Å². The van der Waals surface area contributed by atoms with Crippen molar-refractivity contribution in [3.63, 3.8) is 0 Å². The van der Waals surface area contributed by atoms with Gasteiger partial charge in [0, 0.05) is 18.3 Å². The van der Waals surface area contributed by atoms with Crippen LogP contribution in [0, 0.1) is 11.7 Å². The molecule has 0 fully saturated rings. The van der Waals surface area contributed by atoms with E-state index in [4.69, 9.17) is 4.74 Å². The van der Waals surface area contributed by atoms with E-state index in [0.29, 0.717) is 24.8 Å². The van der Waals surface area contributed by atoms with Crippen LogP contribution in [0.4, 0.5) is 10.1 Å². The number of halogens is 1. The van der Waals surface area contributed by atoms with Gasteiger partial charge in [0.25, 0.3) is 0 Å². The first-order chi connectivity index (χ1) is 9.43. The van der Waals surface area contributed by atoms with Crippen molar-refractivity contribution in [2.45, 2.75) is 33.7 Å². The second-order valence-corrected chi connectivity index (χ2v) is 5.08. The predicted octanol–water partition coefficient (Wildman–Crippen LogP) is 2.80. The van der Waals surface area contributed by atoms with Crippen molar-refractivity contribution >= 4 is 11.6 Å². The SMILES string of the molecule is CCOc1ccc(NC(C)C(=O)NCC(C)C)cc1F. The van der Waals surface area contributed by atoms with Crippen molar-refractivity contribution in [2.75, 3.05) is 18.5 Å². The van der Waals surface area contributed by atoms with Crippen LogP contribution in [0.15, 0.2) is 18.2 Å². The molecule has 1 aromatic rings. The average molecular weight is 282 g/mol. The summed E-state index contributed by atoms with van der Waals surface area (Å²) in [6.45, 7) is 8.64. The number of benzene rings is 1. The van der Waals surface area contributed by atoms with Crippen LogP contribution < -0.4 is 15.4 Å². The Bertz CT molecular complexity index is 449. The highest BCUT2D eigenvalue weighted by Gasteiger charge is 2.13. The molecule has 1 amide bonds. The molecule has 0 saturated carbocycles. The van der Waals surface area contributed by atoms with Crippen molar-refractivity contribution in [1.82, 2.24) is 5.32 Å². The maximum absolute atomic E-state index is 13.7. The zero-order chi connectivity index (χ0) is 15.1. The van der Waals surface area contributed by atoms with Crippen LogP contribution in [0.5, 0.6) is 5.75 Å². The first-order valence-corrected chi connectivity index (χ1v) is 6.90. The topological polar surface area (TPSA) is 50.4 Å². The number of carbonyl (C=O) groups excluding carboxylic acids is 1. The van der Waals surface area contributed by atoms with E-state index in [1.54, 1.807) is 26.0 Å². The first-order valence-electron chi connectivity index (χ1n) is 6.90. The second kappa shape index (κ2) is 7.72. The Balaban J connectivity index is 2.59. The van der Waals surface area contributed by atoms with Gasteiger partial charge in [0.1, 0.15) is 6.04 Å². The van der Waals surface area contributed by atoms with Crippen molar-refractivity contribution in [3.8, 4) is 5.75 Å². The molecule has 0 bridgehead atoms. The van der Waals surface area contributed by atoms with Crippen molar-refractivity contribution < 1.29 is 13.9 Å². The van der Waals surface area contributed by atoms with E-state index in [-0.39, 0.29) is 11.7 Å². The summed E-state index contributed by atoms with van der Waals surface area (Å²) in [7, 11) is 0. The minimum atomic E-state index is -0.438. The molecule has 1 aromatic carbocycles. The molecular formula is C15H23FN2O2. The van der Waals surface area contributed by atoms with Gasteiger partial charge in [0.15, 0.2) is 11.6 Å². The Morgan fingerprint density at radius 2 is 2.05 bits per heavy atom. The number of hydrogen-bond donors (Lipinski definition) is 2. The monoisotopic (exact) mass is 282 g/mol. The molecule has 112 valence electrons. The molecular weight excluding hydrogens is 259 g/mol. The largest absolute Gasteiger partial charge is 0.491 e. The van der Waals surface area contributed by atoms with E-state index in [1.165, 1.54) is 6.07 Å². The van der Waals surface area contributed by atoms with E-state index in [0.717, 1.165) is 0 Å². The molecule has 0 aliphatic rings. The Labute approximate surface area is 119 Å². The maximum Gasteiger partial charge on any atom is 0.242 e. The molecule has 0 spiro atoms. The van der Waals surface area contributed by atoms with Crippen LogP contribution in [0.2, 0.25) is 0 Å². The van der Waals surface area contributed by atoms with Gasteiger partial charge in [-0.1, -0.05) is 13.8 Å². The Hall–Kier alpha value is -1.78. The number of rotatable bonds is 7. The van der Waals surface area contributed by atoms with Gasteiger partial charge < -0.3 is 15.4 Å². The van der Waals surface area contributed by atoms with Crippen LogP contribution in [0.3, 0.4) is 0 Å². The maximum atomic E-state index is 13.7. The summed E-state index contributed by atoms with van der Waals surface area (Å²) in [4.78, 5) is 11.8. The number of nitrogens with one attached hydrogen (secondary N) is 2. The van der Waals surface area contributed by atoms with Crippen molar-refractivity contribution in [3.05, 3.63) is 24.0 Å². The Morgan fingerprint density at radius 3 is 2.60 bits per heavy atom. The molecule has 1 rings (SSSR count). The number of ether oxygens (including phenoxy) is 1. The molecule has 4 nitrogen and oxygen atoms in total. The lowest BCUT2D eigenvalue weighted by atomic mass is 10.2. The fourth-order valence-corrected chi connectivity index (χ4v) is 1.64. The van der Waals surface area contributed by atoms with Gasteiger partial charge in [-0.25, -0.2) is 4.39 Å². The zero-order valence-corrected chi connectivity index (χ0v) is 12.5. The van der Waals surface area contributed by atoms with Crippen molar-refractivity contribution in [1.29, 1.82) is 0 Å². The van der Waals surface area contributed by atoms with E-state index < -0.39 is 11.9 Å². The Kier molecular flexibility index (Phi) is 6.28. The number of carbonyl (C=O) groups is 1. The molecule has 0 radical (unpaired) electrons. The third kappa shape index (κ3) is 5.07. The van der Waals surface area contributed by atoms with E-state index in [1.807, 2.05) is 13.8 Å². The lowest BCUT2D eigenvalue weighted by molar-refractivity contribution is -0.121. The molecule has 2 N–H and O–H groups in total. The lowest BCUT2D eigenvalue weighted by Gasteiger charge is -2.16. The molecule has 5 heteroatoms. The Morgan fingerprint density at radius 1 is 1.35 bits per heavy atom. The molecule has 0 aliphatic heterocycles. The summed E-state index contributed by atoms with van der Waals surface area (Å²) in [6.07, 6.45) is 0. The normalized spacial score (nSPS) is 12.1. The first kappa shape index (κ1) is 16.3. The smallest absolute Gasteiger partial charge is 0.242 e. The molecule has 0 aromatic heterocycles. The summed E-state index contributed by atoms with van der Waals surface area (Å²) >= 11 is 0. The third-order valence-corrected chi connectivity index (χ3v) is 2.69. The minimum Gasteiger partial charge on any atom is -0.491 e. The highest BCUT2D eigenvalue weighted by Crippen LogP contribution is 2.21. The van der Waals surface area contributed by atoms with Gasteiger partial charge in [-0.05, 0) is 31.9 Å². The van der Waals surface area contributed by atoms with E-state index in [2.05, 4.69) is 10.6 Å². The van der Waals surface area contributed by atoms with Crippen molar-refractivity contribution in [2.24, 2.45) is 5.92 Å². The highest BCUT2D eigenvalue weighted by atomic mass is 19.1. The fraction of sp³-hybridized carbons (Fsp3) is 0.533. The number of hydrogen-bond acceptors (Lipinski definition) is 3. The summed E-state index contributed by atoms with van der Waals surface area (Å²) < 4.78 is 18.8. The second-order valence-electron chi connectivity index (χ2n) is 5.08. The zero-order valence-electron chi connectivity index (χ0n) is 12.5. The average Bonchev–Trinajstić information content (AvgIpc) is 2.39. The van der Waals surface area contributed by atoms with Gasteiger partial charge in [-0.3, -0.25) is 4.79 Å².